The number of oxazole rings is 1. The number of piperidine rings is 1. The highest BCUT2D eigenvalue weighted by Crippen LogP contribution is 2.56. The maximum absolute atomic E-state index is 14.0. The maximum Gasteiger partial charge on any atom is 0.262 e. The van der Waals surface area contributed by atoms with E-state index in [1.165, 1.54) is 28.0 Å². The van der Waals surface area contributed by atoms with E-state index >= 15 is 0 Å². The summed E-state index contributed by atoms with van der Waals surface area (Å²) in [6.45, 7) is 2.15. The summed E-state index contributed by atoms with van der Waals surface area (Å²) in [5, 5.41) is 3.53. The molecule has 2 aliphatic heterocycles. The first-order valence-corrected chi connectivity index (χ1v) is 17.2. The summed E-state index contributed by atoms with van der Waals surface area (Å²) >= 11 is 0. The lowest BCUT2D eigenvalue weighted by Gasteiger charge is -2.42. The number of hydrogen-bond acceptors (Lipinski definition) is 4. The smallest absolute Gasteiger partial charge is 0.262 e. The molecule has 0 N–H and O–H groups in total. The highest BCUT2D eigenvalue weighted by Gasteiger charge is 2.54. The number of anilines is 1. The van der Waals surface area contributed by atoms with Gasteiger partial charge in [-0.15, -0.1) is 0 Å². The van der Waals surface area contributed by atoms with Crippen LogP contribution in [-0.4, -0.2) is 22.6 Å². The number of aromatic nitrogens is 2. The van der Waals surface area contributed by atoms with Crippen molar-refractivity contribution in [2.24, 2.45) is 5.92 Å². The van der Waals surface area contributed by atoms with Crippen molar-refractivity contribution in [3.05, 3.63) is 155 Å². The number of hydrogen-bond donors (Lipinski definition) is 0. The quantitative estimate of drug-likeness (QED) is 0.221. The highest BCUT2D eigenvalue weighted by molar-refractivity contribution is 8.01. The molecule has 7 heteroatoms. The Morgan fingerprint density at radius 1 is 0.689 bits per heavy atom. The third-order valence-corrected chi connectivity index (χ3v) is 13.3. The molecule has 4 aromatic carbocycles. The lowest BCUT2D eigenvalue weighted by Crippen LogP contribution is -2.49. The zero-order valence-corrected chi connectivity index (χ0v) is 25.6. The lowest BCUT2D eigenvalue weighted by molar-refractivity contribution is 0.275. The molecule has 2 aliphatic rings. The van der Waals surface area contributed by atoms with Crippen LogP contribution in [0.25, 0.3) is 11.5 Å². The largest absolute Gasteiger partial charge is 0.416 e. The molecule has 0 amide bonds. The Balaban J connectivity index is 1.39. The van der Waals surface area contributed by atoms with Gasteiger partial charge in [-0.05, 0) is 79.1 Å². The van der Waals surface area contributed by atoms with Crippen LogP contribution in [0.15, 0.2) is 143 Å². The molecule has 0 saturated carbocycles. The van der Waals surface area contributed by atoms with Crippen molar-refractivity contribution in [1.29, 1.82) is 0 Å². The molecule has 0 aliphatic carbocycles. The normalized spacial score (nSPS) is 17.6. The van der Waals surface area contributed by atoms with Crippen LogP contribution in [0.4, 0.5) is 10.3 Å². The topological polar surface area (TPSA) is 51.3 Å². The molecule has 4 heterocycles. The first-order chi connectivity index (χ1) is 22.1. The van der Waals surface area contributed by atoms with Gasteiger partial charge in [0.2, 0.25) is 5.89 Å². The fraction of sp³-hybridized carbons (Fsp3) is 0.158. The van der Waals surface area contributed by atoms with Gasteiger partial charge in [0.25, 0.3) is 16.9 Å². The van der Waals surface area contributed by atoms with Crippen LogP contribution in [0, 0.1) is 11.7 Å². The second-order valence-corrected chi connectivity index (χ2v) is 15.2. The molecule has 5 nitrogen and oxygen atoms in total. The van der Waals surface area contributed by atoms with Crippen LogP contribution < -0.4 is 31.8 Å². The van der Waals surface area contributed by atoms with E-state index in [9.17, 15) is 9.18 Å². The van der Waals surface area contributed by atoms with Gasteiger partial charge in [0.15, 0.2) is 7.26 Å². The molecular weight excluding hydrogens is 580 g/mol. The minimum atomic E-state index is -2.60. The monoisotopic (exact) mass is 612 g/mol. The van der Waals surface area contributed by atoms with Crippen molar-refractivity contribution in [3.8, 4) is 11.5 Å². The maximum atomic E-state index is 14.0. The Bertz CT molecular complexity index is 1910. The van der Waals surface area contributed by atoms with E-state index in [0.717, 1.165) is 35.5 Å². The average molecular weight is 613 g/mol. The molecule has 0 radical (unpaired) electrons. The van der Waals surface area contributed by atoms with E-state index in [1.807, 2.05) is 28.8 Å². The van der Waals surface area contributed by atoms with Crippen LogP contribution in [0.2, 0.25) is 0 Å². The number of nitrogens with zero attached hydrogens (tertiary/aromatic N) is 3. The van der Waals surface area contributed by atoms with E-state index in [0.29, 0.717) is 24.9 Å². The summed E-state index contributed by atoms with van der Waals surface area (Å²) in [5.74, 6) is 1.40. The lowest BCUT2D eigenvalue weighted by atomic mass is 9.83. The number of fused-ring (bicyclic) bond motifs is 4. The van der Waals surface area contributed by atoms with Gasteiger partial charge in [-0.3, -0.25) is 4.79 Å². The first-order valence-electron chi connectivity index (χ1n) is 15.4. The fourth-order valence-electron chi connectivity index (χ4n) is 7.28. The van der Waals surface area contributed by atoms with Gasteiger partial charge in [0.05, 0.1) is 0 Å². The molecule has 2 unspecified atom stereocenters. The standard InChI is InChI=1S/C38H32FN3O2P/c39-30-21-19-28(20-22-30)36-40-37(38(44-36)41-24-27-23-29(26-41)34-17-10-18-35(43)42(34)25-27)45(31-11-4-1-5-12-31,32-13-6-2-7-14-32)33-15-8-3-9-16-33/h1-22,27,29H,23-26H2/q+1. The van der Waals surface area contributed by atoms with E-state index in [-0.39, 0.29) is 17.3 Å². The van der Waals surface area contributed by atoms with Crippen molar-refractivity contribution in [3.63, 3.8) is 0 Å². The summed E-state index contributed by atoms with van der Waals surface area (Å²) in [6, 6.07) is 43.9. The summed E-state index contributed by atoms with van der Waals surface area (Å²) < 4.78 is 22.9. The zero-order chi connectivity index (χ0) is 30.4. The number of rotatable bonds is 6. The molecule has 8 rings (SSSR count). The van der Waals surface area contributed by atoms with Crippen molar-refractivity contribution < 1.29 is 8.81 Å². The van der Waals surface area contributed by atoms with Gasteiger partial charge in [-0.1, -0.05) is 60.7 Å². The van der Waals surface area contributed by atoms with Gasteiger partial charge in [-0.2, -0.15) is 4.98 Å². The average Bonchev–Trinajstić information content (AvgIpc) is 3.53. The Labute approximate surface area is 262 Å². The Kier molecular flexibility index (Phi) is 6.95. The summed E-state index contributed by atoms with van der Waals surface area (Å²) in [7, 11) is -2.60. The Hall–Kier alpha value is -4.80. The molecule has 2 atom stereocenters. The predicted molar refractivity (Wildman–Crippen MR) is 180 cm³/mol. The summed E-state index contributed by atoms with van der Waals surface area (Å²) in [4.78, 5) is 20.5. The minimum Gasteiger partial charge on any atom is -0.416 e. The van der Waals surface area contributed by atoms with Gasteiger partial charge < -0.3 is 13.9 Å². The van der Waals surface area contributed by atoms with Gasteiger partial charge in [0, 0.05) is 42.9 Å². The van der Waals surface area contributed by atoms with E-state index in [1.54, 1.807) is 18.2 Å². The Morgan fingerprint density at radius 3 is 1.89 bits per heavy atom. The van der Waals surface area contributed by atoms with Crippen molar-refractivity contribution >= 4 is 34.5 Å². The van der Waals surface area contributed by atoms with E-state index in [4.69, 9.17) is 9.40 Å². The predicted octanol–water partition coefficient (Wildman–Crippen LogP) is 5.89. The first kappa shape index (κ1) is 27.7. The SMILES string of the molecule is O=c1cccc2n1CC1CC2CN(c2oc(-c3ccc(F)cc3)nc2[P+](c2ccccc2)(c2ccccc2)c2ccccc2)C1. The van der Waals surface area contributed by atoms with Gasteiger partial charge in [0.1, 0.15) is 21.7 Å². The molecule has 45 heavy (non-hydrogen) atoms. The summed E-state index contributed by atoms with van der Waals surface area (Å²) in [5.41, 5.74) is 2.77. The van der Waals surface area contributed by atoms with E-state index < -0.39 is 7.26 Å². The molecule has 2 bridgehead atoms. The molecule has 2 aromatic heterocycles. The molecular formula is C38H32FN3O2P+. The Morgan fingerprint density at radius 2 is 1.29 bits per heavy atom. The van der Waals surface area contributed by atoms with Crippen molar-refractivity contribution in [1.82, 2.24) is 9.55 Å². The zero-order valence-electron chi connectivity index (χ0n) is 24.7. The van der Waals surface area contributed by atoms with Crippen LogP contribution in [0.1, 0.15) is 18.0 Å². The third kappa shape index (κ3) is 4.72. The number of halogens is 1. The third-order valence-electron chi connectivity index (χ3n) is 9.20. The molecule has 222 valence electrons. The number of pyridine rings is 1. The van der Waals surface area contributed by atoms with Gasteiger partial charge >= 0.3 is 0 Å². The van der Waals surface area contributed by atoms with Crippen LogP contribution in [0.3, 0.4) is 0 Å². The molecule has 1 fully saturated rings. The van der Waals surface area contributed by atoms with Crippen LogP contribution in [0.5, 0.6) is 0 Å². The second-order valence-electron chi connectivity index (χ2n) is 11.9. The summed E-state index contributed by atoms with van der Waals surface area (Å²) in [6.07, 6.45) is 1.03. The molecule has 0 spiro atoms. The molecule has 6 aromatic rings. The number of benzene rings is 4. The van der Waals surface area contributed by atoms with Crippen LogP contribution in [-0.2, 0) is 6.54 Å². The van der Waals surface area contributed by atoms with Crippen molar-refractivity contribution in [2.45, 2.75) is 18.9 Å². The van der Waals surface area contributed by atoms with Crippen molar-refractivity contribution in [2.75, 3.05) is 18.0 Å². The highest BCUT2D eigenvalue weighted by atomic mass is 31.2. The minimum absolute atomic E-state index is 0.0665. The van der Waals surface area contributed by atoms with Gasteiger partial charge in [-0.25, -0.2) is 4.39 Å². The molecule has 1 saturated heterocycles. The van der Waals surface area contributed by atoms with Crippen LogP contribution >= 0.6 is 7.26 Å². The van der Waals surface area contributed by atoms with E-state index in [2.05, 4.69) is 83.8 Å². The second kappa shape index (κ2) is 11.3. The fourth-order valence-corrected chi connectivity index (χ4v) is 11.5.